The number of amides is 1. The number of likely N-dealkylation sites (tertiary alicyclic amines) is 1. The maximum absolute atomic E-state index is 12.2. The quantitative estimate of drug-likeness (QED) is 0.872. The summed E-state index contributed by atoms with van der Waals surface area (Å²) in [7, 11) is 0. The Morgan fingerprint density at radius 1 is 1.41 bits per heavy atom. The van der Waals surface area contributed by atoms with Gasteiger partial charge in [0.1, 0.15) is 6.61 Å². The van der Waals surface area contributed by atoms with Gasteiger partial charge in [-0.1, -0.05) is 35.5 Å². The molecule has 0 N–H and O–H groups in total. The maximum Gasteiger partial charge on any atom is 0.410 e. The van der Waals surface area contributed by atoms with Gasteiger partial charge in [-0.2, -0.15) is 4.98 Å². The molecule has 1 saturated heterocycles. The molecule has 1 atom stereocenters. The SMILES string of the molecule is Cc1noc([C@@H]2CCCN(C(=O)OCc3ccccc3)C2)n1. The summed E-state index contributed by atoms with van der Waals surface area (Å²) in [5.74, 6) is 1.33. The number of ether oxygens (including phenoxy) is 1. The van der Waals surface area contributed by atoms with Crippen molar-refractivity contribution in [2.45, 2.75) is 32.3 Å². The minimum Gasteiger partial charge on any atom is -0.445 e. The average molecular weight is 301 g/mol. The Morgan fingerprint density at radius 3 is 2.95 bits per heavy atom. The molecule has 2 heterocycles. The molecule has 1 aromatic heterocycles. The molecule has 1 amide bonds. The lowest BCUT2D eigenvalue weighted by Gasteiger charge is -2.30. The largest absolute Gasteiger partial charge is 0.445 e. The Kier molecular flexibility index (Phi) is 4.37. The third-order valence-corrected chi connectivity index (χ3v) is 3.78. The van der Waals surface area contributed by atoms with Gasteiger partial charge in [0.05, 0.1) is 5.92 Å². The molecule has 0 unspecified atom stereocenters. The number of piperidine rings is 1. The van der Waals surface area contributed by atoms with Crippen LogP contribution in [0.25, 0.3) is 0 Å². The first-order chi connectivity index (χ1) is 10.7. The van der Waals surface area contributed by atoms with Gasteiger partial charge in [0, 0.05) is 13.1 Å². The zero-order chi connectivity index (χ0) is 15.4. The van der Waals surface area contributed by atoms with Gasteiger partial charge in [0.2, 0.25) is 5.89 Å². The molecule has 2 aromatic rings. The summed E-state index contributed by atoms with van der Waals surface area (Å²) >= 11 is 0. The Morgan fingerprint density at radius 2 is 2.23 bits per heavy atom. The first kappa shape index (κ1) is 14.6. The second-order valence-corrected chi connectivity index (χ2v) is 5.51. The van der Waals surface area contributed by atoms with Crippen LogP contribution < -0.4 is 0 Å². The van der Waals surface area contributed by atoms with E-state index in [-0.39, 0.29) is 12.0 Å². The fourth-order valence-corrected chi connectivity index (χ4v) is 2.63. The van der Waals surface area contributed by atoms with Crippen LogP contribution in [0.3, 0.4) is 0 Å². The van der Waals surface area contributed by atoms with Crippen molar-refractivity contribution in [1.82, 2.24) is 15.0 Å². The van der Waals surface area contributed by atoms with Crippen molar-refractivity contribution in [2.75, 3.05) is 13.1 Å². The molecule has 1 aliphatic rings. The highest BCUT2D eigenvalue weighted by atomic mass is 16.6. The highest BCUT2D eigenvalue weighted by Gasteiger charge is 2.29. The number of hydrogen-bond donors (Lipinski definition) is 0. The Hall–Kier alpha value is -2.37. The number of aromatic nitrogens is 2. The lowest BCUT2D eigenvalue weighted by Crippen LogP contribution is -2.39. The number of nitrogens with zero attached hydrogens (tertiary/aromatic N) is 3. The lowest BCUT2D eigenvalue weighted by molar-refractivity contribution is 0.0833. The normalized spacial score (nSPS) is 18.2. The van der Waals surface area contributed by atoms with Crippen LogP contribution in [0.15, 0.2) is 34.9 Å². The standard InChI is InChI=1S/C16H19N3O3/c1-12-17-15(22-18-12)14-8-5-9-19(10-14)16(20)21-11-13-6-3-2-4-7-13/h2-4,6-7,14H,5,8-11H2,1H3/t14-/m1/s1. The molecule has 22 heavy (non-hydrogen) atoms. The minimum absolute atomic E-state index is 0.0965. The molecule has 3 rings (SSSR count). The molecule has 1 fully saturated rings. The third-order valence-electron chi connectivity index (χ3n) is 3.78. The van der Waals surface area contributed by atoms with Gasteiger partial charge in [-0.25, -0.2) is 4.79 Å². The summed E-state index contributed by atoms with van der Waals surface area (Å²) in [6, 6.07) is 9.67. The molecule has 6 heteroatoms. The number of benzene rings is 1. The molecule has 1 aliphatic heterocycles. The first-order valence-corrected chi connectivity index (χ1v) is 7.48. The van der Waals surface area contributed by atoms with Crippen molar-refractivity contribution in [3.63, 3.8) is 0 Å². The van der Waals surface area contributed by atoms with Crippen LogP contribution in [0.4, 0.5) is 4.79 Å². The highest BCUT2D eigenvalue weighted by molar-refractivity contribution is 5.67. The van der Waals surface area contributed by atoms with E-state index in [0.717, 1.165) is 18.4 Å². The fraction of sp³-hybridized carbons (Fsp3) is 0.438. The van der Waals surface area contributed by atoms with Crippen LogP contribution in [-0.4, -0.2) is 34.2 Å². The van der Waals surface area contributed by atoms with Crippen LogP contribution in [-0.2, 0) is 11.3 Å². The number of aryl methyl sites for hydroxylation is 1. The van der Waals surface area contributed by atoms with Crippen molar-refractivity contribution in [2.24, 2.45) is 0 Å². The monoisotopic (exact) mass is 301 g/mol. The van der Waals surface area contributed by atoms with E-state index in [0.29, 0.717) is 31.4 Å². The number of hydrogen-bond acceptors (Lipinski definition) is 5. The van der Waals surface area contributed by atoms with Gasteiger partial charge in [-0.15, -0.1) is 0 Å². The van der Waals surface area contributed by atoms with Crippen LogP contribution in [0.5, 0.6) is 0 Å². The predicted molar refractivity (Wildman–Crippen MR) is 79.2 cm³/mol. The van der Waals surface area contributed by atoms with Crippen molar-refractivity contribution >= 4 is 6.09 Å². The van der Waals surface area contributed by atoms with E-state index < -0.39 is 0 Å². The van der Waals surface area contributed by atoms with Crippen LogP contribution in [0, 0.1) is 6.92 Å². The summed E-state index contributed by atoms with van der Waals surface area (Å²) in [4.78, 5) is 18.2. The van der Waals surface area contributed by atoms with Crippen molar-refractivity contribution in [1.29, 1.82) is 0 Å². The predicted octanol–water partition coefficient (Wildman–Crippen LogP) is 2.89. The maximum atomic E-state index is 12.2. The van der Waals surface area contributed by atoms with E-state index in [1.807, 2.05) is 30.3 Å². The second-order valence-electron chi connectivity index (χ2n) is 5.51. The van der Waals surface area contributed by atoms with Crippen LogP contribution >= 0.6 is 0 Å². The Labute approximate surface area is 129 Å². The van der Waals surface area contributed by atoms with Crippen molar-refractivity contribution in [3.8, 4) is 0 Å². The summed E-state index contributed by atoms with van der Waals surface area (Å²) in [5, 5.41) is 3.82. The molecule has 6 nitrogen and oxygen atoms in total. The van der Waals surface area contributed by atoms with E-state index >= 15 is 0 Å². The molecule has 0 bridgehead atoms. The molecular formula is C16H19N3O3. The third kappa shape index (κ3) is 3.44. The van der Waals surface area contributed by atoms with E-state index in [4.69, 9.17) is 9.26 Å². The van der Waals surface area contributed by atoms with E-state index in [1.54, 1.807) is 11.8 Å². The van der Waals surface area contributed by atoms with Crippen LogP contribution in [0.2, 0.25) is 0 Å². The molecule has 0 aliphatic carbocycles. The number of carbonyl (C=O) groups excluding carboxylic acids is 1. The van der Waals surface area contributed by atoms with Gasteiger partial charge in [-0.05, 0) is 25.3 Å². The summed E-state index contributed by atoms with van der Waals surface area (Å²) < 4.78 is 10.6. The number of carbonyl (C=O) groups is 1. The van der Waals surface area contributed by atoms with E-state index in [9.17, 15) is 4.79 Å². The summed E-state index contributed by atoms with van der Waals surface area (Å²) in [6.45, 7) is 3.36. The van der Waals surface area contributed by atoms with Gasteiger partial charge in [0.15, 0.2) is 5.82 Å². The van der Waals surface area contributed by atoms with Gasteiger partial charge in [0.25, 0.3) is 0 Å². The second kappa shape index (κ2) is 6.60. The minimum atomic E-state index is -0.287. The molecule has 1 aromatic carbocycles. The smallest absolute Gasteiger partial charge is 0.410 e. The Balaban J connectivity index is 1.56. The van der Waals surface area contributed by atoms with Crippen molar-refractivity contribution in [3.05, 3.63) is 47.6 Å². The fourth-order valence-electron chi connectivity index (χ4n) is 2.63. The van der Waals surface area contributed by atoms with Gasteiger partial charge in [-0.3, -0.25) is 0 Å². The zero-order valence-electron chi connectivity index (χ0n) is 12.6. The molecule has 0 radical (unpaired) electrons. The van der Waals surface area contributed by atoms with E-state index in [2.05, 4.69) is 10.1 Å². The lowest BCUT2D eigenvalue weighted by atomic mass is 9.98. The van der Waals surface area contributed by atoms with Crippen molar-refractivity contribution < 1.29 is 14.1 Å². The zero-order valence-corrected chi connectivity index (χ0v) is 12.6. The highest BCUT2D eigenvalue weighted by Crippen LogP contribution is 2.26. The number of rotatable bonds is 3. The molecule has 116 valence electrons. The first-order valence-electron chi connectivity index (χ1n) is 7.48. The topological polar surface area (TPSA) is 68.5 Å². The Bertz CT molecular complexity index is 627. The average Bonchev–Trinajstić information content (AvgIpc) is 3.00. The molecule has 0 saturated carbocycles. The van der Waals surface area contributed by atoms with Gasteiger partial charge >= 0.3 is 6.09 Å². The summed E-state index contributed by atoms with van der Waals surface area (Å²) in [5.41, 5.74) is 0.983. The van der Waals surface area contributed by atoms with Gasteiger partial charge < -0.3 is 14.2 Å². The van der Waals surface area contributed by atoms with Crippen LogP contribution in [0.1, 0.15) is 36.0 Å². The molecule has 0 spiro atoms. The summed E-state index contributed by atoms with van der Waals surface area (Å²) in [6.07, 6.45) is 1.57. The van der Waals surface area contributed by atoms with E-state index in [1.165, 1.54) is 0 Å². The molecular weight excluding hydrogens is 282 g/mol.